The summed E-state index contributed by atoms with van der Waals surface area (Å²) in [6.45, 7) is 0. The molecule has 0 radical (unpaired) electrons. The second kappa shape index (κ2) is 8.82. The molecule has 0 bridgehead atoms. The molecule has 0 aromatic rings. The minimum atomic E-state index is -2.08. The molecule has 0 atom stereocenters. The summed E-state index contributed by atoms with van der Waals surface area (Å²) in [5, 5.41) is 15.3. The largest absolute Gasteiger partial charge is 1.00 e. The molecule has 0 aromatic heterocycles. The monoisotopic (exact) mass is 114 g/mol. The van der Waals surface area contributed by atoms with Crippen molar-refractivity contribution in [2.24, 2.45) is 0 Å². The van der Waals surface area contributed by atoms with Gasteiger partial charge in [-0.05, 0) is 0 Å². The Morgan fingerprint density at radius 1 is 1.67 bits per heavy atom. The predicted octanol–water partition coefficient (Wildman–Crippen LogP) is -3.73. The minimum Gasteiger partial charge on any atom is -1.00 e. The average molecular weight is 115 g/mol. The van der Waals surface area contributed by atoms with E-state index < -0.39 is 6.16 Å². The maximum atomic E-state index is 8.44. The van der Waals surface area contributed by atoms with Gasteiger partial charge in [-0.3, -0.25) is 0 Å². The molecule has 0 amide bonds. The molecule has 0 rings (SSSR count). The molecule has 0 saturated heterocycles. The van der Waals surface area contributed by atoms with Gasteiger partial charge in [-0.25, -0.2) is 0 Å². The highest BCUT2D eigenvalue weighted by atomic mass is 35.5. The molecule has 5 N–H and O–H groups in total. The molecule has 0 spiro atoms. The van der Waals surface area contributed by atoms with Crippen LogP contribution in [0.3, 0.4) is 0 Å². The molecular formula is CH5ClNO3-. The molecule has 0 aliphatic carbocycles. The zero-order chi connectivity index (χ0) is 3.58. The maximum Gasteiger partial charge on any atom is 0.249 e. The van der Waals surface area contributed by atoms with Gasteiger partial charge in [-0.1, -0.05) is 0 Å². The third-order valence-electron chi connectivity index (χ3n) is 0. The smallest absolute Gasteiger partial charge is 0.249 e. The fourth-order valence-electron chi connectivity index (χ4n) is 0. The van der Waals surface area contributed by atoms with E-state index in [4.69, 9.17) is 15.0 Å². The normalized spacial score (nSPS) is 4.00. The summed E-state index contributed by atoms with van der Waals surface area (Å²) in [5.74, 6) is 0. The van der Waals surface area contributed by atoms with Crippen molar-refractivity contribution in [2.75, 3.05) is 0 Å². The number of carbonyl (C=O) groups is 1. The van der Waals surface area contributed by atoms with E-state index in [1.54, 1.807) is 0 Å². The second-order valence-corrected chi connectivity index (χ2v) is 0.266. The zero-order valence-electron chi connectivity index (χ0n) is 3.14. The number of rotatable bonds is 0. The van der Waals surface area contributed by atoms with Crippen molar-refractivity contribution in [3.8, 4) is 0 Å². The zero-order valence-corrected chi connectivity index (χ0v) is 3.90. The molecule has 0 aliphatic heterocycles. The summed E-state index contributed by atoms with van der Waals surface area (Å²) < 4.78 is 0. The summed E-state index contributed by atoms with van der Waals surface area (Å²) in [5.41, 5.74) is 0. The Labute approximate surface area is 40.8 Å². The second-order valence-electron chi connectivity index (χ2n) is 0.266. The molecule has 0 unspecified atom stereocenters. The van der Waals surface area contributed by atoms with Crippen molar-refractivity contribution in [3.05, 3.63) is 0 Å². The maximum absolute atomic E-state index is 8.44. The van der Waals surface area contributed by atoms with Crippen LogP contribution in [0.15, 0.2) is 0 Å². The van der Waals surface area contributed by atoms with Crippen LogP contribution >= 0.6 is 0 Å². The van der Waals surface area contributed by atoms with Crippen molar-refractivity contribution in [1.82, 2.24) is 6.15 Å². The van der Waals surface area contributed by atoms with Crippen LogP contribution in [0, 0.1) is 0 Å². The van der Waals surface area contributed by atoms with Crippen molar-refractivity contribution < 1.29 is 27.4 Å². The SMILES string of the molecule is O=C([O-])O.[Cl-].[NH4+]. The molecule has 0 fully saturated rings. The van der Waals surface area contributed by atoms with E-state index in [2.05, 4.69) is 0 Å². The quantitative estimate of drug-likeness (QED) is 0.339. The standard InChI is InChI=1S/CH2O3.ClH.H3N/c2-1(3)4;;/h(H2,2,3,4);1H;1H3/p-1. The lowest BCUT2D eigenvalue weighted by molar-refractivity contribution is -0.275. The van der Waals surface area contributed by atoms with Gasteiger partial charge in [-0.15, -0.1) is 0 Å². The van der Waals surface area contributed by atoms with Crippen molar-refractivity contribution in [1.29, 1.82) is 0 Å². The predicted molar refractivity (Wildman–Crippen MR) is 14.0 cm³/mol. The van der Waals surface area contributed by atoms with Gasteiger partial charge in [0.05, 0.1) is 0 Å². The van der Waals surface area contributed by atoms with E-state index in [1.807, 2.05) is 0 Å². The first-order valence-electron chi connectivity index (χ1n) is 0.632. The molecule has 0 saturated carbocycles. The lowest BCUT2D eigenvalue weighted by Gasteiger charge is -1.74. The first-order valence-corrected chi connectivity index (χ1v) is 0.632. The molecule has 6 heavy (non-hydrogen) atoms. The third-order valence-corrected chi connectivity index (χ3v) is 0. The van der Waals surface area contributed by atoms with Gasteiger partial charge in [-0.2, -0.15) is 0 Å². The van der Waals surface area contributed by atoms with Crippen LogP contribution in [-0.4, -0.2) is 11.3 Å². The van der Waals surface area contributed by atoms with Crippen LogP contribution in [0.1, 0.15) is 0 Å². The van der Waals surface area contributed by atoms with Crippen LogP contribution in [0.25, 0.3) is 0 Å². The summed E-state index contributed by atoms with van der Waals surface area (Å²) >= 11 is 0. The van der Waals surface area contributed by atoms with Gasteiger partial charge < -0.3 is 33.6 Å². The van der Waals surface area contributed by atoms with Gasteiger partial charge in [0, 0.05) is 0 Å². The van der Waals surface area contributed by atoms with Crippen LogP contribution in [-0.2, 0) is 0 Å². The van der Waals surface area contributed by atoms with Gasteiger partial charge >= 0.3 is 0 Å². The highest BCUT2D eigenvalue weighted by Crippen LogP contribution is 1.32. The first-order chi connectivity index (χ1) is 1.73. The summed E-state index contributed by atoms with van der Waals surface area (Å²) in [6.07, 6.45) is -2.08. The molecule has 0 aromatic carbocycles. The van der Waals surface area contributed by atoms with Gasteiger partial charge in [0.15, 0.2) is 0 Å². The van der Waals surface area contributed by atoms with E-state index in [1.165, 1.54) is 0 Å². The summed E-state index contributed by atoms with van der Waals surface area (Å²) in [7, 11) is 0. The first kappa shape index (κ1) is 17.8. The fourth-order valence-corrected chi connectivity index (χ4v) is 0. The van der Waals surface area contributed by atoms with Crippen LogP contribution in [0.4, 0.5) is 4.79 Å². The van der Waals surface area contributed by atoms with Gasteiger partial charge in [0.1, 0.15) is 0 Å². The molecule has 0 aliphatic rings. The Hall–Kier alpha value is -0.480. The lowest BCUT2D eigenvalue weighted by Crippen LogP contribution is -3.00. The van der Waals surface area contributed by atoms with Gasteiger partial charge in [0.25, 0.3) is 0 Å². The van der Waals surface area contributed by atoms with Crippen LogP contribution in [0.5, 0.6) is 0 Å². The fraction of sp³-hybridized carbons (Fsp3) is 0. The number of hydrogen-bond acceptors (Lipinski definition) is 2. The highest BCUT2D eigenvalue weighted by Gasteiger charge is 1.51. The highest BCUT2D eigenvalue weighted by molar-refractivity contribution is 5.50. The molecule has 5 heteroatoms. The van der Waals surface area contributed by atoms with E-state index in [9.17, 15) is 0 Å². The average Bonchev–Trinajstić information content (AvgIpc) is 0.811. The van der Waals surface area contributed by atoms with Crippen molar-refractivity contribution >= 4 is 6.16 Å². The number of quaternary nitrogens is 1. The Balaban J connectivity index is -0.0000000450. The van der Waals surface area contributed by atoms with Crippen molar-refractivity contribution in [3.63, 3.8) is 0 Å². The number of halogens is 1. The third kappa shape index (κ3) is 97.0. The van der Waals surface area contributed by atoms with Crippen LogP contribution in [0.2, 0.25) is 0 Å². The summed E-state index contributed by atoms with van der Waals surface area (Å²) in [4.78, 5) is 8.44. The molecular weight excluding hydrogens is 109 g/mol. The Morgan fingerprint density at radius 3 is 1.67 bits per heavy atom. The topological polar surface area (TPSA) is 96.9 Å². The summed E-state index contributed by atoms with van der Waals surface area (Å²) in [6, 6.07) is 0. The van der Waals surface area contributed by atoms with E-state index in [0.29, 0.717) is 0 Å². The Bertz CT molecular complexity index is 33.8. The Morgan fingerprint density at radius 2 is 1.67 bits per heavy atom. The lowest BCUT2D eigenvalue weighted by atomic mass is 11.5. The van der Waals surface area contributed by atoms with Crippen molar-refractivity contribution in [2.45, 2.75) is 0 Å². The molecule has 40 valence electrons. The minimum absolute atomic E-state index is 0. The Kier molecular flexibility index (Phi) is 26.1. The van der Waals surface area contributed by atoms with Crippen LogP contribution < -0.4 is 23.7 Å². The molecule has 4 nitrogen and oxygen atoms in total. The van der Waals surface area contributed by atoms with E-state index in [-0.39, 0.29) is 18.6 Å². The van der Waals surface area contributed by atoms with Gasteiger partial charge in [0.2, 0.25) is 6.16 Å². The number of carboxylic acid groups (broad SMARTS) is 2. The van der Waals surface area contributed by atoms with E-state index in [0.717, 1.165) is 0 Å². The number of hydrogen-bond donors (Lipinski definition) is 2. The van der Waals surface area contributed by atoms with E-state index >= 15 is 0 Å². The molecule has 0 heterocycles.